The topological polar surface area (TPSA) is 52.6 Å². The summed E-state index contributed by atoms with van der Waals surface area (Å²) in [7, 11) is 0. The highest BCUT2D eigenvalue weighted by atomic mass is 79.9. The first-order valence-electron chi connectivity index (χ1n) is 7.28. The monoisotopic (exact) mass is 356 g/mol. The normalized spacial score (nSPS) is 25.6. The van der Waals surface area contributed by atoms with Gasteiger partial charge >= 0.3 is 5.97 Å². The lowest BCUT2D eigenvalue weighted by Gasteiger charge is -2.35. The first kappa shape index (κ1) is 14.8. The predicted molar refractivity (Wildman–Crippen MR) is 82.3 cm³/mol. The molecule has 0 saturated carbocycles. The third kappa shape index (κ3) is 2.92. The molecule has 114 valence electrons. The molecular formula is C15H18BrFN2O2. The van der Waals surface area contributed by atoms with Crippen LogP contribution in [0.5, 0.6) is 0 Å². The third-order valence-corrected chi connectivity index (χ3v) is 5.27. The number of fused-ring (bicyclic) bond motifs is 1. The number of benzene rings is 1. The van der Waals surface area contributed by atoms with Gasteiger partial charge in [-0.1, -0.05) is 0 Å². The van der Waals surface area contributed by atoms with E-state index in [1.54, 1.807) is 0 Å². The molecule has 0 aromatic heterocycles. The average Bonchev–Trinajstić information content (AvgIpc) is 2.91. The van der Waals surface area contributed by atoms with Gasteiger partial charge in [0.25, 0.3) is 0 Å². The van der Waals surface area contributed by atoms with Crippen molar-refractivity contribution in [1.82, 2.24) is 4.90 Å². The van der Waals surface area contributed by atoms with E-state index in [0.29, 0.717) is 11.7 Å². The van der Waals surface area contributed by atoms with E-state index in [-0.39, 0.29) is 16.1 Å². The molecule has 2 aliphatic heterocycles. The van der Waals surface area contributed by atoms with Crippen LogP contribution in [0.2, 0.25) is 0 Å². The highest BCUT2D eigenvalue weighted by Gasteiger charge is 2.32. The number of aromatic carboxylic acids is 1. The maximum atomic E-state index is 14.3. The zero-order valence-corrected chi connectivity index (χ0v) is 13.2. The second-order valence-corrected chi connectivity index (χ2v) is 6.58. The van der Waals surface area contributed by atoms with Crippen molar-refractivity contribution in [3.63, 3.8) is 0 Å². The fraction of sp³-hybridized carbons (Fsp3) is 0.533. The number of carboxylic acid groups (broad SMARTS) is 1. The van der Waals surface area contributed by atoms with Crippen LogP contribution in [-0.2, 0) is 0 Å². The van der Waals surface area contributed by atoms with Crippen LogP contribution in [0.3, 0.4) is 0 Å². The Hall–Kier alpha value is -1.14. The van der Waals surface area contributed by atoms with Crippen LogP contribution in [-0.4, -0.2) is 41.1 Å². The van der Waals surface area contributed by atoms with Crippen molar-refractivity contribution in [3.8, 4) is 0 Å². The maximum absolute atomic E-state index is 14.3. The quantitative estimate of drug-likeness (QED) is 0.872. The molecule has 21 heavy (non-hydrogen) atoms. The summed E-state index contributed by atoms with van der Waals surface area (Å²) >= 11 is 3.04. The van der Waals surface area contributed by atoms with Crippen LogP contribution in [0.15, 0.2) is 16.6 Å². The molecule has 2 heterocycles. The Morgan fingerprint density at radius 2 is 2.19 bits per heavy atom. The van der Waals surface area contributed by atoms with Crippen LogP contribution in [0, 0.1) is 5.82 Å². The number of carbonyl (C=O) groups is 1. The number of nitrogens with one attached hydrogen (secondary N) is 1. The van der Waals surface area contributed by atoms with Gasteiger partial charge < -0.3 is 15.3 Å². The minimum absolute atomic E-state index is 0.0123. The van der Waals surface area contributed by atoms with Crippen molar-refractivity contribution >= 4 is 27.6 Å². The van der Waals surface area contributed by atoms with Gasteiger partial charge in [-0.3, -0.25) is 0 Å². The molecule has 2 aliphatic rings. The Morgan fingerprint density at radius 1 is 1.38 bits per heavy atom. The lowest BCUT2D eigenvalue weighted by atomic mass is 9.97. The third-order valence-electron chi connectivity index (χ3n) is 4.49. The fourth-order valence-corrected chi connectivity index (χ4v) is 3.92. The van der Waals surface area contributed by atoms with Gasteiger partial charge in [-0.2, -0.15) is 0 Å². The van der Waals surface area contributed by atoms with E-state index in [2.05, 4.69) is 26.1 Å². The second-order valence-electron chi connectivity index (χ2n) is 5.79. The van der Waals surface area contributed by atoms with E-state index < -0.39 is 11.8 Å². The molecule has 2 atom stereocenters. The first-order valence-corrected chi connectivity index (χ1v) is 8.07. The van der Waals surface area contributed by atoms with E-state index in [1.165, 1.54) is 31.5 Å². The van der Waals surface area contributed by atoms with E-state index >= 15 is 0 Å². The summed E-state index contributed by atoms with van der Waals surface area (Å²) in [5.41, 5.74) is 0.326. The van der Waals surface area contributed by atoms with Crippen molar-refractivity contribution in [3.05, 3.63) is 28.0 Å². The molecule has 0 bridgehead atoms. The summed E-state index contributed by atoms with van der Waals surface area (Å²) in [4.78, 5) is 13.5. The lowest BCUT2D eigenvalue weighted by Crippen LogP contribution is -2.42. The summed E-state index contributed by atoms with van der Waals surface area (Å²) < 4.78 is 14.3. The van der Waals surface area contributed by atoms with Gasteiger partial charge in [-0.25, -0.2) is 9.18 Å². The molecule has 6 heteroatoms. The highest BCUT2D eigenvalue weighted by molar-refractivity contribution is 9.10. The highest BCUT2D eigenvalue weighted by Crippen LogP contribution is 2.31. The Bertz CT molecular complexity index is 567. The summed E-state index contributed by atoms with van der Waals surface area (Å²) in [5.74, 6) is -1.66. The van der Waals surface area contributed by atoms with Crippen LogP contribution in [0.25, 0.3) is 0 Å². The predicted octanol–water partition coefficient (Wildman–Crippen LogP) is 3.33. The average molecular weight is 357 g/mol. The standard InChI is InChI=1S/C15H18BrFN2O2/c16-13-11(15(20)21)3-4-12(14(13)17)18-9-5-7-19-6-1-2-10(19)8-9/h3-4,9-10,18H,1-2,5-8H2,(H,20,21). The largest absolute Gasteiger partial charge is 0.478 e. The smallest absolute Gasteiger partial charge is 0.336 e. The van der Waals surface area contributed by atoms with Crippen LogP contribution >= 0.6 is 15.9 Å². The molecular weight excluding hydrogens is 339 g/mol. The molecule has 2 saturated heterocycles. The second kappa shape index (κ2) is 5.93. The van der Waals surface area contributed by atoms with Crippen molar-refractivity contribution in [1.29, 1.82) is 0 Å². The van der Waals surface area contributed by atoms with E-state index in [9.17, 15) is 9.18 Å². The van der Waals surface area contributed by atoms with Crippen molar-refractivity contribution < 1.29 is 14.3 Å². The lowest BCUT2D eigenvalue weighted by molar-refractivity contribution is 0.0695. The summed E-state index contributed by atoms with van der Waals surface area (Å²) in [6, 6.07) is 3.81. The van der Waals surface area contributed by atoms with Gasteiger partial charge in [0.2, 0.25) is 0 Å². The molecule has 0 spiro atoms. The molecule has 4 nitrogen and oxygen atoms in total. The number of hydrogen-bond donors (Lipinski definition) is 2. The number of halogens is 2. The van der Waals surface area contributed by atoms with Crippen molar-refractivity contribution in [2.45, 2.75) is 37.8 Å². The van der Waals surface area contributed by atoms with E-state index in [4.69, 9.17) is 5.11 Å². The van der Waals surface area contributed by atoms with Gasteiger partial charge in [0, 0.05) is 18.6 Å². The van der Waals surface area contributed by atoms with Gasteiger partial charge in [0.15, 0.2) is 5.82 Å². The molecule has 1 aromatic carbocycles. The Kier molecular flexibility index (Phi) is 4.17. The molecule has 1 aromatic rings. The van der Waals surface area contributed by atoms with Crippen molar-refractivity contribution in [2.75, 3.05) is 18.4 Å². The SMILES string of the molecule is O=C(O)c1ccc(NC2CCN3CCCC3C2)c(F)c1Br. The molecule has 3 rings (SSSR count). The van der Waals surface area contributed by atoms with Gasteiger partial charge in [-0.05, 0) is 60.3 Å². The number of carboxylic acids is 1. The zero-order valence-electron chi connectivity index (χ0n) is 11.6. The number of rotatable bonds is 3. The number of piperidine rings is 1. The molecule has 0 radical (unpaired) electrons. The Morgan fingerprint density at radius 3 is 2.95 bits per heavy atom. The zero-order chi connectivity index (χ0) is 15.0. The van der Waals surface area contributed by atoms with E-state index in [0.717, 1.165) is 19.4 Å². The molecule has 2 fully saturated rings. The van der Waals surface area contributed by atoms with Crippen molar-refractivity contribution in [2.24, 2.45) is 0 Å². The molecule has 2 N–H and O–H groups in total. The van der Waals surface area contributed by atoms with Gasteiger partial charge in [0.05, 0.1) is 15.7 Å². The molecule has 0 amide bonds. The summed E-state index contributed by atoms with van der Waals surface area (Å²) in [5, 5.41) is 12.2. The Labute approximate surface area is 131 Å². The minimum atomic E-state index is -1.13. The number of hydrogen-bond acceptors (Lipinski definition) is 3. The van der Waals surface area contributed by atoms with Crippen LogP contribution in [0.1, 0.15) is 36.0 Å². The molecule has 0 aliphatic carbocycles. The van der Waals surface area contributed by atoms with Gasteiger partial charge in [0.1, 0.15) is 0 Å². The van der Waals surface area contributed by atoms with Crippen LogP contribution in [0.4, 0.5) is 10.1 Å². The number of anilines is 1. The number of nitrogens with zero attached hydrogens (tertiary/aromatic N) is 1. The van der Waals surface area contributed by atoms with Crippen LogP contribution < -0.4 is 5.32 Å². The summed E-state index contributed by atoms with van der Waals surface area (Å²) in [6.07, 6.45) is 4.50. The minimum Gasteiger partial charge on any atom is -0.478 e. The summed E-state index contributed by atoms with van der Waals surface area (Å²) in [6.45, 7) is 2.24. The Balaban J connectivity index is 1.73. The maximum Gasteiger partial charge on any atom is 0.336 e. The first-order chi connectivity index (χ1) is 10.1. The van der Waals surface area contributed by atoms with E-state index in [1.807, 2.05) is 0 Å². The fourth-order valence-electron chi connectivity index (χ4n) is 3.40. The molecule has 2 unspecified atom stereocenters. The van der Waals surface area contributed by atoms with Gasteiger partial charge in [-0.15, -0.1) is 0 Å².